The molecule has 0 amide bonds. The van der Waals surface area contributed by atoms with Gasteiger partial charge in [0.2, 0.25) is 0 Å². The molecule has 2 heterocycles. The number of hydrogen-bond acceptors (Lipinski definition) is 5. The minimum atomic E-state index is -0.509. The lowest BCUT2D eigenvalue weighted by atomic mass is 9.73. The lowest BCUT2D eigenvalue weighted by Crippen LogP contribution is -2.57. The molecule has 2 N–H and O–H groups in total. The van der Waals surface area contributed by atoms with Gasteiger partial charge in [-0.3, -0.25) is 4.79 Å². The molecule has 5 heteroatoms. The molecule has 0 radical (unpaired) electrons. The highest BCUT2D eigenvalue weighted by atomic mass is 16.5. The van der Waals surface area contributed by atoms with E-state index in [1.807, 2.05) is 13.8 Å². The first-order chi connectivity index (χ1) is 14.1. The van der Waals surface area contributed by atoms with Gasteiger partial charge in [-0.1, -0.05) is 38.1 Å². The molecule has 2 fully saturated rings. The molecule has 174 valence electrons. The lowest BCUT2D eigenvalue weighted by Gasteiger charge is -2.47. The van der Waals surface area contributed by atoms with E-state index < -0.39 is 16.6 Å². The number of benzene rings is 1. The number of hydrogen-bond donors (Lipinski definition) is 2. The van der Waals surface area contributed by atoms with Crippen LogP contribution >= 0.6 is 0 Å². The van der Waals surface area contributed by atoms with Gasteiger partial charge in [0.15, 0.2) is 0 Å². The summed E-state index contributed by atoms with van der Waals surface area (Å²) in [6, 6.07) is 8.44. The van der Waals surface area contributed by atoms with Crippen molar-refractivity contribution in [3.8, 4) is 0 Å². The van der Waals surface area contributed by atoms with Crippen LogP contribution in [0.2, 0.25) is 0 Å². The van der Waals surface area contributed by atoms with Crippen LogP contribution in [-0.4, -0.2) is 42.9 Å². The average Bonchev–Trinajstić information content (AvgIpc) is 2.81. The zero-order valence-corrected chi connectivity index (χ0v) is 20.7. The molecule has 2 unspecified atom stereocenters. The van der Waals surface area contributed by atoms with Crippen molar-refractivity contribution in [2.45, 2.75) is 116 Å². The first-order valence-electron chi connectivity index (χ1n) is 11.6. The number of carbonyl (C=O) groups is 1. The molecule has 0 aromatic heterocycles. The van der Waals surface area contributed by atoms with Crippen LogP contribution in [0, 0.1) is 5.41 Å². The van der Waals surface area contributed by atoms with E-state index in [0.717, 1.165) is 17.5 Å². The van der Waals surface area contributed by atoms with Crippen molar-refractivity contribution in [2.24, 2.45) is 5.41 Å². The first kappa shape index (κ1) is 24.4. The molecule has 2 aliphatic heterocycles. The zero-order valence-electron chi connectivity index (χ0n) is 20.7. The van der Waals surface area contributed by atoms with Crippen LogP contribution in [0.3, 0.4) is 0 Å². The Bertz CT molecular complexity index is 830. The maximum atomic E-state index is 12.2. The van der Waals surface area contributed by atoms with E-state index in [4.69, 9.17) is 0 Å². The second-order valence-electron chi connectivity index (χ2n) is 12.2. The van der Waals surface area contributed by atoms with Crippen molar-refractivity contribution in [1.29, 1.82) is 0 Å². The average molecular weight is 431 g/mol. The molecule has 1 aromatic carbocycles. The first-order valence-corrected chi connectivity index (χ1v) is 11.6. The Morgan fingerprint density at radius 1 is 0.839 bits per heavy atom. The van der Waals surface area contributed by atoms with Gasteiger partial charge in [-0.25, -0.2) is 0 Å². The molecule has 3 rings (SSSR count). The van der Waals surface area contributed by atoms with Crippen LogP contribution in [0.5, 0.6) is 0 Å². The van der Waals surface area contributed by atoms with Gasteiger partial charge >= 0.3 is 0 Å². The predicted molar refractivity (Wildman–Crippen MR) is 123 cm³/mol. The molecule has 0 saturated carbocycles. The Kier molecular flexibility index (Phi) is 6.02. The second kappa shape index (κ2) is 7.65. The number of ketones is 1. The molecular weight excluding hydrogens is 388 g/mol. The van der Waals surface area contributed by atoms with Crippen molar-refractivity contribution in [3.63, 3.8) is 0 Å². The Labute approximate surface area is 188 Å². The third-order valence-corrected chi connectivity index (χ3v) is 8.64. The molecule has 2 aliphatic rings. The number of nitrogens with zero attached hydrogens (tertiary/aromatic N) is 2. The van der Waals surface area contributed by atoms with E-state index in [2.05, 4.69) is 65.8 Å². The monoisotopic (exact) mass is 430 g/mol. The maximum Gasteiger partial charge on any atom is 0.133 e. The molecule has 2 saturated heterocycles. The Morgan fingerprint density at radius 3 is 1.90 bits per heavy atom. The normalized spacial score (nSPS) is 33.8. The van der Waals surface area contributed by atoms with Crippen molar-refractivity contribution in [2.75, 3.05) is 0 Å². The number of hydroxylamine groups is 4. The van der Waals surface area contributed by atoms with Gasteiger partial charge in [-0.2, -0.15) is 10.1 Å². The fourth-order valence-electron chi connectivity index (χ4n) is 5.79. The molecule has 2 atom stereocenters. The lowest BCUT2D eigenvalue weighted by molar-refractivity contribution is -0.234. The minimum Gasteiger partial charge on any atom is -0.313 e. The Balaban J connectivity index is 1.85. The summed E-state index contributed by atoms with van der Waals surface area (Å²) in [5.74, 6) is 0.283. The van der Waals surface area contributed by atoms with E-state index in [-0.39, 0.29) is 16.7 Å². The largest absolute Gasteiger partial charge is 0.313 e. The van der Waals surface area contributed by atoms with Crippen molar-refractivity contribution in [1.82, 2.24) is 10.1 Å². The van der Waals surface area contributed by atoms with Crippen molar-refractivity contribution >= 4 is 5.78 Å². The summed E-state index contributed by atoms with van der Waals surface area (Å²) < 4.78 is 0. The summed E-state index contributed by atoms with van der Waals surface area (Å²) in [7, 11) is 0. The number of rotatable bonds is 3. The smallest absolute Gasteiger partial charge is 0.133 e. The fraction of sp³-hybridized carbons (Fsp3) is 0.731. The van der Waals surface area contributed by atoms with Gasteiger partial charge in [-0.05, 0) is 83.8 Å². The SMILES string of the molecule is CC1(C)CCC(=O)CCC(C)(Cc2ccc(C3(C)CC(C)(C)C(C)(C)N3O)cc2)N1O. The van der Waals surface area contributed by atoms with Crippen LogP contribution in [0.25, 0.3) is 0 Å². The predicted octanol–water partition coefficient (Wildman–Crippen LogP) is 5.72. The topological polar surface area (TPSA) is 64.0 Å². The van der Waals surface area contributed by atoms with Crippen LogP contribution in [0.15, 0.2) is 24.3 Å². The standard InChI is InChI=1S/C26H42N2O3/c1-22(2)18-26(8,28(31)24(22,5)6)20-11-9-19(10-12-20)17-25(7)16-14-21(29)13-15-23(3,4)27(25)30/h9-12,30-31H,13-18H2,1-8H3. The van der Waals surface area contributed by atoms with E-state index in [1.54, 1.807) is 0 Å². The van der Waals surface area contributed by atoms with Crippen LogP contribution < -0.4 is 0 Å². The third-order valence-electron chi connectivity index (χ3n) is 8.64. The van der Waals surface area contributed by atoms with E-state index in [0.29, 0.717) is 32.1 Å². The van der Waals surface area contributed by atoms with Crippen LogP contribution in [0.4, 0.5) is 0 Å². The molecule has 5 nitrogen and oxygen atoms in total. The molecule has 0 spiro atoms. The highest BCUT2D eigenvalue weighted by molar-refractivity contribution is 5.78. The molecule has 0 aliphatic carbocycles. The number of carbonyl (C=O) groups excluding carboxylic acids is 1. The van der Waals surface area contributed by atoms with Gasteiger partial charge in [-0.15, -0.1) is 0 Å². The third kappa shape index (κ3) is 4.10. The Morgan fingerprint density at radius 2 is 1.39 bits per heavy atom. The summed E-state index contributed by atoms with van der Waals surface area (Å²) >= 11 is 0. The summed E-state index contributed by atoms with van der Waals surface area (Å²) in [5, 5.41) is 25.2. The maximum absolute atomic E-state index is 12.2. The van der Waals surface area contributed by atoms with Gasteiger partial charge in [0.25, 0.3) is 0 Å². The summed E-state index contributed by atoms with van der Waals surface area (Å²) in [6.07, 6.45) is 3.85. The second-order valence-corrected chi connectivity index (χ2v) is 12.2. The highest BCUT2D eigenvalue weighted by Gasteiger charge is 2.58. The van der Waals surface area contributed by atoms with E-state index in [1.165, 1.54) is 10.1 Å². The Hall–Kier alpha value is -1.27. The van der Waals surface area contributed by atoms with Gasteiger partial charge in [0.1, 0.15) is 5.78 Å². The minimum absolute atomic E-state index is 0.0307. The van der Waals surface area contributed by atoms with Gasteiger partial charge in [0, 0.05) is 29.5 Å². The molecule has 31 heavy (non-hydrogen) atoms. The summed E-state index contributed by atoms with van der Waals surface area (Å²) in [6.45, 7) is 16.8. The fourth-order valence-corrected chi connectivity index (χ4v) is 5.79. The van der Waals surface area contributed by atoms with Crippen molar-refractivity contribution in [3.05, 3.63) is 35.4 Å². The van der Waals surface area contributed by atoms with Gasteiger partial charge in [0.05, 0.1) is 5.54 Å². The van der Waals surface area contributed by atoms with Crippen LogP contribution in [-0.2, 0) is 16.8 Å². The zero-order chi connectivity index (χ0) is 23.5. The molecular formula is C26H42N2O3. The van der Waals surface area contributed by atoms with E-state index in [9.17, 15) is 15.2 Å². The van der Waals surface area contributed by atoms with E-state index >= 15 is 0 Å². The van der Waals surface area contributed by atoms with Crippen molar-refractivity contribution < 1.29 is 15.2 Å². The molecule has 1 aromatic rings. The number of Topliss-reactive ketones (excluding diaryl/α,β-unsaturated/α-hetero) is 1. The quantitative estimate of drug-likeness (QED) is 0.642. The summed E-state index contributed by atoms with van der Waals surface area (Å²) in [4.78, 5) is 12.2. The highest BCUT2D eigenvalue weighted by Crippen LogP contribution is 2.55. The van der Waals surface area contributed by atoms with Crippen LogP contribution in [0.1, 0.15) is 98.6 Å². The summed E-state index contributed by atoms with van der Waals surface area (Å²) in [5.41, 5.74) is 0.448. The van der Waals surface area contributed by atoms with Gasteiger partial charge < -0.3 is 10.4 Å². The molecule has 0 bridgehead atoms.